The molecule has 0 aliphatic carbocycles. The molecule has 1 fully saturated rings. The second-order valence-electron chi connectivity index (χ2n) is 5.03. The molecule has 0 aromatic carbocycles. The van der Waals surface area contributed by atoms with Gasteiger partial charge in [-0.05, 0) is 19.3 Å². The van der Waals surface area contributed by atoms with E-state index in [2.05, 4.69) is 5.32 Å². The first kappa shape index (κ1) is 12.3. The third-order valence-corrected chi connectivity index (χ3v) is 2.79. The van der Waals surface area contributed by atoms with Crippen molar-refractivity contribution < 1.29 is 9.90 Å². The number of piperidine rings is 1. The second-order valence-corrected chi connectivity index (χ2v) is 5.03. The van der Waals surface area contributed by atoms with Gasteiger partial charge in [0.25, 0.3) is 0 Å². The zero-order valence-electron chi connectivity index (χ0n) is 9.75. The maximum atomic E-state index is 11.7. The summed E-state index contributed by atoms with van der Waals surface area (Å²) in [5, 5.41) is 11.9. The normalized spacial score (nSPS) is 17.7. The predicted molar refractivity (Wildman–Crippen MR) is 59.7 cm³/mol. The van der Waals surface area contributed by atoms with Crippen LogP contribution in [0.2, 0.25) is 0 Å². The fourth-order valence-corrected chi connectivity index (χ4v) is 1.58. The lowest BCUT2D eigenvalue weighted by Gasteiger charge is -2.29. The van der Waals surface area contributed by atoms with Gasteiger partial charge >= 0.3 is 6.03 Å². The number of amides is 2. The Morgan fingerprint density at radius 1 is 1.33 bits per heavy atom. The number of aliphatic hydroxyl groups excluding tert-OH is 1. The molecule has 4 nitrogen and oxygen atoms in total. The molecule has 88 valence electrons. The molecule has 1 rings (SSSR count). The first-order valence-electron chi connectivity index (χ1n) is 5.69. The summed E-state index contributed by atoms with van der Waals surface area (Å²) in [4.78, 5) is 13.6. The molecule has 0 atom stereocenters. The van der Waals surface area contributed by atoms with Gasteiger partial charge in [-0.3, -0.25) is 0 Å². The maximum Gasteiger partial charge on any atom is 0.317 e. The Labute approximate surface area is 91.6 Å². The molecule has 0 aromatic rings. The van der Waals surface area contributed by atoms with E-state index in [1.807, 2.05) is 18.7 Å². The summed E-state index contributed by atoms with van der Waals surface area (Å²) in [5.41, 5.74) is -0.231. The minimum absolute atomic E-state index is 0.0104. The third kappa shape index (κ3) is 4.08. The van der Waals surface area contributed by atoms with Crippen LogP contribution in [0.3, 0.4) is 0 Å². The van der Waals surface area contributed by atoms with Crippen LogP contribution >= 0.6 is 0 Å². The van der Waals surface area contributed by atoms with Crippen molar-refractivity contribution in [3.63, 3.8) is 0 Å². The zero-order chi connectivity index (χ0) is 11.3. The predicted octanol–water partition coefficient (Wildman–Crippen LogP) is 1.20. The zero-order valence-corrected chi connectivity index (χ0v) is 9.75. The highest BCUT2D eigenvalue weighted by Gasteiger charge is 2.20. The van der Waals surface area contributed by atoms with E-state index in [1.165, 1.54) is 6.42 Å². The lowest BCUT2D eigenvalue weighted by molar-refractivity contribution is 0.147. The minimum atomic E-state index is -0.231. The highest BCUT2D eigenvalue weighted by Crippen LogP contribution is 2.12. The highest BCUT2D eigenvalue weighted by atomic mass is 16.3. The number of carbonyl (C=O) groups excluding carboxylic acids is 1. The monoisotopic (exact) mass is 214 g/mol. The molecule has 15 heavy (non-hydrogen) atoms. The molecule has 1 heterocycles. The molecular weight excluding hydrogens is 192 g/mol. The minimum Gasteiger partial charge on any atom is -0.396 e. The van der Waals surface area contributed by atoms with E-state index in [-0.39, 0.29) is 18.1 Å². The second kappa shape index (κ2) is 5.35. The van der Waals surface area contributed by atoms with E-state index in [9.17, 15) is 4.79 Å². The average Bonchev–Trinajstić information content (AvgIpc) is 2.27. The number of urea groups is 1. The largest absolute Gasteiger partial charge is 0.396 e. The number of likely N-dealkylation sites (tertiary alicyclic amines) is 1. The first-order chi connectivity index (χ1) is 7.05. The van der Waals surface area contributed by atoms with Crippen LogP contribution in [-0.2, 0) is 0 Å². The van der Waals surface area contributed by atoms with Gasteiger partial charge in [0, 0.05) is 31.7 Å². The summed E-state index contributed by atoms with van der Waals surface area (Å²) in [6, 6.07) is 0.0104. The van der Waals surface area contributed by atoms with Gasteiger partial charge in [0.1, 0.15) is 0 Å². The first-order valence-corrected chi connectivity index (χ1v) is 5.69. The van der Waals surface area contributed by atoms with Gasteiger partial charge in [0.05, 0.1) is 0 Å². The van der Waals surface area contributed by atoms with E-state index >= 15 is 0 Å². The van der Waals surface area contributed by atoms with Crippen molar-refractivity contribution in [1.29, 1.82) is 0 Å². The van der Waals surface area contributed by atoms with Crippen molar-refractivity contribution in [3.8, 4) is 0 Å². The van der Waals surface area contributed by atoms with Crippen molar-refractivity contribution in [3.05, 3.63) is 0 Å². The van der Waals surface area contributed by atoms with Gasteiger partial charge in [-0.2, -0.15) is 0 Å². The Morgan fingerprint density at radius 2 is 1.93 bits per heavy atom. The quantitative estimate of drug-likeness (QED) is 0.741. The standard InChI is InChI=1S/C11H22N2O2/c1-11(2,9-14)8-12-10(15)13-6-4-3-5-7-13/h14H,3-9H2,1-2H3,(H,12,15). The number of carbonyl (C=O) groups is 1. The number of aliphatic hydroxyl groups is 1. The summed E-state index contributed by atoms with van der Waals surface area (Å²) < 4.78 is 0. The molecule has 1 saturated heterocycles. The summed E-state index contributed by atoms with van der Waals surface area (Å²) in [5.74, 6) is 0. The fraction of sp³-hybridized carbons (Fsp3) is 0.909. The van der Waals surface area contributed by atoms with Crippen LogP contribution < -0.4 is 5.32 Å². The van der Waals surface area contributed by atoms with Crippen molar-refractivity contribution >= 4 is 6.03 Å². The topological polar surface area (TPSA) is 52.6 Å². The molecule has 0 radical (unpaired) electrons. The van der Waals surface area contributed by atoms with Gasteiger partial charge in [0.2, 0.25) is 0 Å². The number of rotatable bonds is 3. The van der Waals surface area contributed by atoms with E-state index in [1.54, 1.807) is 0 Å². The van der Waals surface area contributed by atoms with Crippen LogP contribution in [-0.4, -0.2) is 42.3 Å². The number of hydrogen-bond acceptors (Lipinski definition) is 2. The van der Waals surface area contributed by atoms with Crippen molar-refractivity contribution in [2.45, 2.75) is 33.1 Å². The summed E-state index contributed by atoms with van der Waals surface area (Å²) in [6.45, 7) is 6.22. The molecule has 0 saturated carbocycles. The average molecular weight is 214 g/mol. The third-order valence-electron chi connectivity index (χ3n) is 2.79. The molecule has 1 aliphatic heterocycles. The number of nitrogens with zero attached hydrogens (tertiary/aromatic N) is 1. The van der Waals surface area contributed by atoms with Crippen LogP contribution in [0.5, 0.6) is 0 Å². The van der Waals surface area contributed by atoms with E-state index in [4.69, 9.17) is 5.11 Å². The number of hydrogen-bond donors (Lipinski definition) is 2. The van der Waals surface area contributed by atoms with Gasteiger partial charge < -0.3 is 15.3 Å². The van der Waals surface area contributed by atoms with Crippen LogP contribution in [0, 0.1) is 5.41 Å². The highest BCUT2D eigenvalue weighted by molar-refractivity contribution is 5.74. The van der Waals surface area contributed by atoms with E-state index in [0.717, 1.165) is 25.9 Å². The van der Waals surface area contributed by atoms with E-state index in [0.29, 0.717) is 6.54 Å². The molecule has 4 heteroatoms. The summed E-state index contributed by atoms with van der Waals surface area (Å²) >= 11 is 0. The van der Waals surface area contributed by atoms with Gasteiger partial charge in [-0.1, -0.05) is 13.8 Å². The SMILES string of the molecule is CC(C)(CO)CNC(=O)N1CCCCC1. The van der Waals surface area contributed by atoms with Gasteiger partial charge in [-0.15, -0.1) is 0 Å². The fourth-order valence-electron chi connectivity index (χ4n) is 1.58. The van der Waals surface area contributed by atoms with Gasteiger partial charge in [0.15, 0.2) is 0 Å². The van der Waals surface area contributed by atoms with Crippen LogP contribution in [0.25, 0.3) is 0 Å². The molecular formula is C11H22N2O2. The molecule has 2 N–H and O–H groups in total. The Morgan fingerprint density at radius 3 is 2.47 bits per heavy atom. The molecule has 2 amide bonds. The van der Waals surface area contributed by atoms with Crippen molar-refractivity contribution in [1.82, 2.24) is 10.2 Å². The maximum absolute atomic E-state index is 11.7. The molecule has 0 aromatic heterocycles. The number of nitrogens with one attached hydrogen (secondary N) is 1. The van der Waals surface area contributed by atoms with Gasteiger partial charge in [-0.25, -0.2) is 4.79 Å². The van der Waals surface area contributed by atoms with E-state index < -0.39 is 0 Å². The lowest BCUT2D eigenvalue weighted by atomic mass is 9.95. The smallest absolute Gasteiger partial charge is 0.317 e. The molecule has 0 unspecified atom stereocenters. The Kier molecular flexibility index (Phi) is 4.39. The Bertz CT molecular complexity index is 211. The van der Waals surface area contributed by atoms with Crippen LogP contribution in [0.15, 0.2) is 0 Å². The Balaban J connectivity index is 2.28. The van der Waals surface area contributed by atoms with Crippen LogP contribution in [0.1, 0.15) is 33.1 Å². The Hall–Kier alpha value is -0.770. The molecule has 0 spiro atoms. The van der Waals surface area contributed by atoms with Crippen molar-refractivity contribution in [2.75, 3.05) is 26.2 Å². The molecule has 0 bridgehead atoms. The lowest BCUT2D eigenvalue weighted by Crippen LogP contribution is -2.46. The van der Waals surface area contributed by atoms with Crippen molar-refractivity contribution in [2.24, 2.45) is 5.41 Å². The summed E-state index contributed by atoms with van der Waals surface area (Å²) in [6.07, 6.45) is 3.44. The molecule has 1 aliphatic rings. The summed E-state index contributed by atoms with van der Waals surface area (Å²) in [7, 11) is 0. The van der Waals surface area contributed by atoms with Crippen LogP contribution in [0.4, 0.5) is 4.79 Å².